The zero-order valence-corrected chi connectivity index (χ0v) is 6.72. The van der Waals surface area contributed by atoms with Gasteiger partial charge in [0.25, 0.3) is 0 Å². The lowest BCUT2D eigenvalue weighted by atomic mass is 10.0. The van der Waals surface area contributed by atoms with Crippen LogP contribution >= 0.6 is 0 Å². The summed E-state index contributed by atoms with van der Waals surface area (Å²) in [6.45, 7) is 0. The highest BCUT2D eigenvalue weighted by Crippen LogP contribution is 2.40. The zero-order valence-electron chi connectivity index (χ0n) is 6.72. The summed E-state index contributed by atoms with van der Waals surface area (Å²) in [7, 11) is 0.886. The summed E-state index contributed by atoms with van der Waals surface area (Å²) < 4.78 is 45.5. The van der Waals surface area contributed by atoms with Gasteiger partial charge in [0.1, 0.15) is 0 Å². The number of halogens is 3. The van der Waals surface area contributed by atoms with Crippen molar-refractivity contribution < 1.29 is 27.4 Å². The fraction of sp³-hybridized carbons (Fsp3) is 0.571. The molecule has 1 unspecified atom stereocenters. The number of methoxy groups -OCH3 is 1. The van der Waals surface area contributed by atoms with Gasteiger partial charge in [0.2, 0.25) is 0 Å². The molecule has 0 radical (unpaired) electrons. The van der Waals surface area contributed by atoms with E-state index < -0.39 is 24.2 Å². The van der Waals surface area contributed by atoms with Gasteiger partial charge in [-0.15, -0.1) is 0 Å². The number of rotatable bonds is 1. The second-order valence-electron chi connectivity index (χ2n) is 2.51. The monoisotopic (exact) mass is 196 g/mol. The number of ether oxygens (including phenoxy) is 2. The first-order chi connectivity index (χ1) is 5.94. The lowest BCUT2D eigenvalue weighted by Gasteiger charge is -2.27. The van der Waals surface area contributed by atoms with E-state index in [4.69, 9.17) is 0 Å². The van der Waals surface area contributed by atoms with Crippen LogP contribution in [0.25, 0.3) is 0 Å². The highest BCUT2D eigenvalue weighted by atomic mass is 19.4. The van der Waals surface area contributed by atoms with Gasteiger partial charge in [-0.25, -0.2) is 4.79 Å². The maximum absolute atomic E-state index is 12.4. The van der Waals surface area contributed by atoms with Crippen molar-refractivity contribution in [3.8, 4) is 0 Å². The maximum atomic E-state index is 12.4. The van der Waals surface area contributed by atoms with Gasteiger partial charge in [0.15, 0.2) is 0 Å². The quantitative estimate of drug-likeness (QED) is 0.594. The van der Waals surface area contributed by atoms with Crippen LogP contribution in [-0.2, 0) is 14.3 Å². The number of hydrogen-bond donors (Lipinski definition) is 0. The van der Waals surface area contributed by atoms with Gasteiger partial charge in [-0.3, -0.25) is 0 Å². The Balaban J connectivity index is 2.96. The van der Waals surface area contributed by atoms with E-state index in [1.807, 2.05) is 0 Å². The zero-order chi connectivity index (χ0) is 10.1. The van der Waals surface area contributed by atoms with Crippen molar-refractivity contribution in [2.24, 2.45) is 0 Å². The second kappa shape index (κ2) is 2.93. The van der Waals surface area contributed by atoms with Gasteiger partial charge in [-0.2, -0.15) is 13.2 Å². The molecule has 0 saturated heterocycles. The van der Waals surface area contributed by atoms with Crippen molar-refractivity contribution in [1.29, 1.82) is 0 Å². The molecule has 1 aliphatic heterocycles. The first-order valence-electron chi connectivity index (χ1n) is 3.42. The number of hydrogen-bond acceptors (Lipinski definition) is 3. The predicted octanol–water partition coefficient (Wildman–Crippen LogP) is 1.39. The fourth-order valence-corrected chi connectivity index (χ4v) is 1.02. The largest absolute Gasteiger partial charge is 0.474 e. The molecule has 1 heterocycles. The molecule has 0 aromatic heterocycles. The van der Waals surface area contributed by atoms with Crippen molar-refractivity contribution in [3.63, 3.8) is 0 Å². The molecule has 1 aliphatic rings. The molecule has 0 N–H and O–H groups in total. The molecule has 0 aromatic carbocycles. The molecule has 0 aliphatic carbocycles. The highest BCUT2D eigenvalue weighted by Gasteiger charge is 2.64. The van der Waals surface area contributed by atoms with Crippen molar-refractivity contribution in [3.05, 3.63) is 12.3 Å². The topological polar surface area (TPSA) is 35.5 Å². The van der Waals surface area contributed by atoms with E-state index in [9.17, 15) is 18.0 Å². The number of alkyl halides is 3. The van der Waals surface area contributed by atoms with Crippen molar-refractivity contribution in [1.82, 2.24) is 0 Å². The lowest BCUT2D eigenvalue weighted by molar-refractivity contribution is -0.256. The summed E-state index contributed by atoms with van der Waals surface area (Å²) in [5, 5.41) is 0. The molecule has 0 fully saturated rings. The summed E-state index contributed by atoms with van der Waals surface area (Å²) in [6.07, 6.45) is -3.32. The summed E-state index contributed by atoms with van der Waals surface area (Å²) in [5.74, 6) is -1.43. The van der Waals surface area contributed by atoms with E-state index in [1.165, 1.54) is 0 Å². The number of carbonyl (C=O) groups excluding carboxylic acids is 1. The van der Waals surface area contributed by atoms with E-state index in [2.05, 4.69) is 9.47 Å². The molecule has 0 amide bonds. The van der Waals surface area contributed by atoms with E-state index in [1.54, 1.807) is 0 Å². The SMILES string of the molecule is COC(=O)C1(C(F)(F)F)CC=CO1. The van der Waals surface area contributed by atoms with Crippen LogP contribution in [0.1, 0.15) is 6.42 Å². The van der Waals surface area contributed by atoms with Crippen LogP contribution in [0.15, 0.2) is 12.3 Å². The molecule has 1 atom stereocenters. The molecular formula is C7H7F3O3. The van der Waals surface area contributed by atoms with E-state index in [-0.39, 0.29) is 0 Å². The molecule has 0 aromatic rings. The molecule has 13 heavy (non-hydrogen) atoms. The minimum Gasteiger partial charge on any atom is -0.474 e. The van der Waals surface area contributed by atoms with Gasteiger partial charge < -0.3 is 9.47 Å². The molecule has 74 valence electrons. The Morgan fingerprint density at radius 1 is 1.62 bits per heavy atom. The van der Waals surface area contributed by atoms with Crippen LogP contribution in [0.5, 0.6) is 0 Å². The van der Waals surface area contributed by atoms with Gasteiger partial charge in [-0.05, 0) is 6.08 Å². The second-order valence-corrected chi connectivity index (χ2v) is 2.51. The molecule has 6 heteroatoms. The summed E-state index contributed by atoms with van der Waals surface area (Å²) in [6, 6.07) is 0. The average molecular weight is 196 g/mol. The smallest absolute Gasteiger partial charge is 0.439 e. The highest BCUT2D eigenvalue weighted by molar-refractivity contribution is 5.81. The lowest BCUT2D eigenvalue weighted by Crippen LogP contribution is -2.52. The van der Waals surface area contributed by atoms with Crippen LogP contribution in [-0.4, -0.2) is 24.9 Å². The van der Waals surface area contributed by atoms with Gasteiger partial charge >= 0.3 is 17.7 Å². The Morgan fingerprint density at radius 2 is 2.23 bits per heavy atom. The Labute approximate surface area is 72.1 Å². The summed E-state index contributed by atoms with van der Waals surface area (Å²) >= 11 is 0. The van der Waals surface area contributed by atoms with Crippen molar-refractivity contribution >= 4 is 5.97 Å². The van der Waals surface area contributed by atoms with Crippen LogP contribution in [0, 0.1) is 0 Å². The third kappa shape index (κ3) is 1.36. The molecule has 0 spiro atoms. The Kier molecular flexibility index (Phi) is 2.23. The van der Waals surface area contributed by atoms with Crippen LogP contribution in [0.3, 0.4) is 0 Å². The number of esters is 1. The minimum absolute atomic E-state index is 0.539. The molecule has 3 nitrogen and oxygen atoms in total. The summed E-state index contributed by atoms with van der Waals surface area (Å²) in [5.41, 5.74) is -2.83. The van der Waals surface area contributed by atoms with Crippen molar-refractivity contribution in [2.75, 3.05) is 7.11 Å². The minimum atomic E-state index is -4.76. The Hall–Kier alpha value is -1.20. The van der Waals surface area contributed by atoms with Crippen LogP contribution < -0.4 is 0 Å². The summed E-state index contributed by atoms with van der Waals surface area (Å²) in [4.78, 5) is 10.9. The van der Waals surface area contributed by atoms with E-state index >= 15 is 0 Å². The predicted molar refractivity (Wildman–Crippen MR) is 35.6 cm³/mol. The first kappa shape index (κ1) is 9.88. The standard InChI is InChI=1S/C7H7F3O3/c1-12-5(11)6(7(8,9)10)3-2-4-13-6/h2,4H,3H2,1H3. The van der Waals surface area contributed by atoms with Gasteiger partial charge in [0.05, 0.1) is 13.4 Å². The fourth-order valence-electron chi connectivity index (χ4n) is 1.02. The van der Waals surface area contributed by atoms with E-state index in [0.717, 1.165) is 19.4 Å². The van der Waals surface area contributed by atoms with Crippen molar-refractivity contribution in [2.45, 2.75) is 18.2 Å². The third-order valence-electron chi connectivity index (χ3n) is 1.74. The number of carbonyl (C=O) groups is 1. The first-order valence-corrected chi connectivity index (χ1v) is 3.42. The van der Waals surface area contributed by atoms with E-state index in [0.29, 0.717) is 0 Å². The Bertz CT molecular complexity index is 236. The molecule has 0 saturated carbocycles. The Morgan fingerprint density at radius 3 is 2.54 bits per heavy atom. The third-order valence-corrected chi connectivity index (χ3v) is 1.74. The van der Waals surface area contributed by atoms with Gasteiger partial charge in [-0.1, -0.05) is 0 Å². The normalized spacial score (nSPS) is 27.1. The average Bonchev–Trinajstić information content (AvgIpc) is 2.50. The molecule has 0 bridgehead atoms. The molecular weight excluding hydrogens is 189 g/mol. The maximum Gasteiger partial charge on any atom is 0.439 e. The van der Waals surface area contributed by atoms with Crippen LogP contribution in [0.4, 0.5) is 13.2 Å². The van der Waals surface area contributed by atoms with Crippen LogP contribution in [0.2, 0.25) is 0 Å². The molecule has 1 rings (SSSR count). The van der Waals surface area contributed by atoms with Gasteiger partial charge in [0, 0.05) is 6.42 Å².